The topological polar surface area (TPSA) is 73.8 Å². The number of nitrogens with zero attached hydrogens (tertiary/aromatic N) is 2. The van der Waals surface area contributed by atoms with E-state index in [1.54, 1.807) is 11.4 Å². The number of rotatable bonds is 5. The molecule has 6 nitrogen and oxygen atoms in total. The van der Waals surface area contributed by atoms with Crippen LogP contribution in [0.2, 0.25) is 0 Å². The lowest BCUT2D eigenvalue weighted by molar-refractivity contribution is 0.275. The largest absolute Gasteiger partial charge is 0.356 e. The van der Waals surface area contributed by atoms with Gasteiger partial charge >= 0.3 is 0 Å². The first-order valence-electron chi connectivity index (χ1n) is 8.00. The maximum Gasteiger partial charge on any atom is 0.211 e. The molecular weight excluding hydrogens is 447 g/mol. The van der Waals surface area contributed by atoms with Gasteiger partial charge in [0.05, 0.1) is 6.26 Å². The van der Waals surface area contributed by atoms with Crippen LogP contribution in [0, 0.1) is 5.92 Å². The maximum absolute atomic E-state index is 11.5. The van der Waals surface area contributed by atoms with Crippen LogP contribution >= 0.6 is 35.7 Å². The molecule has 23 heavy (non-hydrogen) atoms. The van der Waals surface area contributed by atoms with Crippen LogP contribution in [0.1, 0.15) is 25.7 Å². The fourth-order valence-electron chi connectivity index (χ4n) is 2.92. The number of halogens is 1. The highest BCUT2D eigenvalue weighted by molar-refractivity contribution is 14.0. The molecule has 1 atom stereocenters. The van der Waals surface area contributed by atoms with Gasteiger partial charge < -0.3 is 10.6 Å². The maximum atomic E-state index is 11.5. The summed E-state index contributed by atoms with van der Waals surface area (Å²) in [6, 6.07) is 0. The van der Waals surface area contributed by atoms with Crippen molar-refractivity contribution in [3.05, 3.63) is 0 Å². The molecule has 0 aromatic heterocycles. The van der Waals surface area contributed by atoms with E-state index in [4.69, 9.17) is 0 Å². The van der Waals surface area contributed by atoms with Crippen LogP contribution in [0.15, 0.2) is 4.99 Å². The third kappa shape index (κ3) is 7.35. The van der Waals surface area contributed by atoms with Gasteiger partial charge in [-0.2, -0.15) is 11.8 Å². The first-order chi connectivity index (χ1) is 10.5. The van der Waals surface area contributed by atoms with Gasteiger partial charge in [-0.25, -0.2) is 12.7 Å². The molecular formula is C14H29IN4O2S2. The number of sulfonamides is 1. The Hall–Kier alpha value is 0.260. The summed E-state index contributed by atoms with van der Waals surface area (Å²) in [7, 11) is -1.23. The van der Waals surface area contributed by atoms with E-state index in [1.165, 1.54) is 24.9 Å². The van der Waals surface area contributed by atoms with Gasteiger partial charge in [-0.3, -0.25) is 4.99 Å². The lowest BCUT2D eigenvalue weighted by atomic mass is 9.98. The zero-order valence-electron chi connectivity index (χ0n) is 14.0. The van der Waals surface area contributed by atoms with E-state index in [9.17, 15) is 8.42 Å². The van der Waals surface area contributed by atoms with E-state index in [-0.39, 0.29) is 24.0 Å². The average molecular weight is 476 g/mol. The summed E-state index contributed by atoms with van der Waals surface area (Å²) in [5.41, 5.74) is 0. The first kappa shape index (κ1) is 21.3. The lowest BCUT2D eigenvalue weighted by Crippen LogP contribution is -2.45. The molecule has 2 heterocycles. The number of nitrogens with one attached hydrogen (secondary N) is 2. The quantitative estimate of drug-likeness (QED) is 0.356. The van der Waals surface area contributed by atoms with Gasteiger partial charge in [0.15, 0.2) is 5.96 Å². The third-order valence-corrected chi connectivity index (χ3v) is 7.05. The molecule has 2 saturated heterocycles. The number of hydrogen-bond donors (Lipinski definition) is 2. The van der Waals surface area contributed by atoms with Gasteiger partial charge in [-0.15, -0.1) is 24.0 Å². The molecule has 0 spiro atoms. The minimum atomic E-state index is -3.03. The van der Waals surface area contributed by atoms with Crippen LogP contribution in [0.5, 0.6) is 0 Å². The Morgan fingerprint density at radius 3 is 2.39 bits per heavy atom. The van der Waals surface area contributed by atoms with Crippen molar-refractivity contribution >= 4 is 51.7 Å². The van der Waals surface area contributed by atoms with Crippen LogP contribution in [0.25, 0.3) is 0 Å². The first-order valence-corrected chi connectivity index (χ1v) is 10.9. The molecule has 2 aliphatic rings. The molecule has 2 N–H and O–H groups in total. The number of aliphatic imine (C=N–C) groups is 1. The Morgan fingerprint density at radius 2 is 1.87 bits per heavy atom. The van der Waals surface area contributed by atoms with E-state index in [2.05, 4.69) is 15.6 Å². The van der Waals surface area contributed by atoms with E-state index in [1.807, 2.05) is 11.8 Å². The second kappa shape index (κ2) is 10.3. The highest BCUT2D eigenvalue weighted by Gasteiger charge is 2.24. The smallest absolute Gasteiger partial charge is 0.211 e. The summed E-state index contributed by atoms with van der Waals surface area (Å²) in [6.07, 6.45) is 5.73. The van der Waals surface area contributed by atoms with Gasteiger partial charge in [0.25, 0.3) is 0 Å². The second-order valence-electron chi connectivity index (χ2n) is 6.07. The molecule has 2 rings (SSSR count). The van der Waals surface area contributed by atoms with Gasteiger partial charge in [0.2, 0.25) is 10.0 Å². The molecule has 9 heteroatoms. The molecule has 0 aromatic rings. The summed E-state index contributed by atoms with van der Waals surface area (Å²) in [5, 5.41) is 7.48. The predicted molar refractivity (Wildman–Crippen MR) is 109 cm³/mol. The average Bonchev–Trinajstić information content (AvgIpc) is 3.00. The lowest BCUT2D eigenvalue weighted by Gasteiger charge is -2.30. The zero-order valence-corrected chi connectivity index (χ0v) is 17.9. The summed E-state index contributed by atoms with van der Waals surface area (Å²) < 4.78 is 24.6. The molecule has 1 unspecified atom stereocenters. The number of thioether (sulfide) groups is 1. The highest BCUT2D eigenvalue weighted by atomic mass is 127. The Kier molecular flexibility index (Phi) is 9.54. The molecule has 136 valence electrons. The number of guanidine groups is 1. The number of piperidine rings is 1. The van der Waals surface area contributed by atoms with Crippen LogP contribution < -0.4 is 10.6 Å². The van der Waals surface area contributed by atoms with Gasteiger partial charge in [0, 0.05) is 38.5 Å². The van der Waals surface area contributed by atoms with Crippen LogP contribution in [-0.2, 0) is 10.0 Å². The molecule has 0 aliphatic carbocycles. The summed E-state index contributed by atoms with van der Waals surface area (Å²) in [6.45, 7) is 3.10. The minimum absolute atomic E-state index is 0. The molecule has 0 aromatic carbocycles. The third-order valence-electron chi connectivity index (χ3n) is 4.35. The molecule has 2 aliphatic heterocycles. The molecule has 2 fully saturated rings. The fraction of sp³-hybridized carbons (Fsp3) is 0.929. The Morgan fingerprint density at radius 1 is 1.22 bits per heavy atom. The van der Waals surface area contributed by atoms with Crippen molar-refractivity contribution in [1.29, 1.82) is 0 Å². The summed E-state index contributed by atoms with van der Waals surface area (Å²) >= 11 is 2.04. The van der Waals surface area contributed by atoms with Crippen molar-refractivity contribution in [3.63, 3.8) is 0 Å². The van der Waals surface area contributed by atoms with Crippen molar-refractivity contribution < 1.29 is 8.42 Å². The fourth-order valence-corrected chi connectivity index (χ4v) is 5.00. The summed E-state index contributed by atoms with van der Waals surface area (Å²) in [4.78, 5) is 4.27. The van der Waals surface area contributed by atoms with Gasteiger partial charge in [-0.05, 0) is 37.4 Å². The van der Waals surface area contributed by atoms with Crippen LogP contribution in [-0.4, -0.2) is 69.2 Å². The van der Waals surface area contributed by atoms with Crippen molar-refractivity contribution in [2.24, 2.45) is 10.9 Å². The van der Waals surface area contributed by atoms with Crippen LogP contribution in [0.4, 0.5) is 0 Å². The monoisotopic (exact) mass is 476 g/mol. The van der Waals surface area contributed by atoms with E-state index in [0.717, 1.165) is 31.9 Å². The molecule has 0 amide bonds. The van der Waals surface area contributed by atoms with Crippen molar-refractivity contribution in [3.8, 4) is 0 Å². The normalized spacial score (nSPS) is 24.3. The van der Waals surface area contributed by atoms with E-state index >= 15 is 0 Å². The Balaban J connectivity index is 0.00000264. The van der Waals surface area contributed by atoms with Crippen LogP contribution in [0.3, 0.4) is 0 Å². The van der Waals surface area contributed by atoms with E-state index in [0.29, 0.717) is 24.3 Å². The molecule has 0 radical (unpaired) electrons. The molecule has 0 saturated carbocycles. The van der Waals surface area contributed by atoms with Crippen molar-refractivity contribution in [2.45, 2.75) is 30.9 Å². The standard InChI is InChI=1S/C14H28N4O2S2.HI/c1-15-14(17-11-13-4-3-9-21-13)16-10-12-5-7-18(8-6-12)22(2,19)20;/h12-13H,3-11H2,1-2H3,(H2,15,16,17);1H. The van der Waals surface area contributed by atoms with Gasteiger partial charge in [0.1, 0.15) is 0 Å². The SMILES string of the molecule is CN=C(NCC1CCN(S(C)(=O)=O)CC1)NCC1CCCS1.I. The Bertz CT molecular complexity index is 473. The second-order valence-corrected chi connectivity index (χ2v) is 9.47. The number of hydrogen-bond acceptors (Lipinski definition) is 4. The summed E-state index contributed by atoms with van der Waals surface area (Å²) in [5.74, 6) is 2.65. The van der Waals surface area contributed by atoms with Gasteiger partial charge in [-0.1, -0.05) is 0 Å². The highest BCUT2D eigenvalue weighted by Crippen LogP contribution is 2.25. The van der Waals surface area contributed by atoms with E-state index < -0.39 is 10.0 Å². The Labute approximate surface area is 161 Å². The minimum Gasteiger partial charge on any atom is -0.356 e. The van der Waals surface area contributed by atoms with Crippen molar-refractivity contribution in [1.82, 2.24) is 14.9 Å². The molecule has 0 bridgehead atoms. The predicted octanol–water partition coefficient (Wildman–Crippen LogP) is 1.34. The van der Waals surface area contributed by atoms with Crippen molar-refractivity contribution in [2.75, 3.05) is 45.2 Å². The zero-order chi connectivity index (χ0) is 16.0.